The van der Waals surface area contributed by atoms with Crippen LogP contribution in [-0.2, 0) is 9.53 Å². The molecule has 0 aliphatic carbocycles. The van der Waals surface area contributed by atoms with Crippen LogP contribution >= 0.6 is 0 Å². The summed E-state index contributed by atoms with van der Waals surface area (Å²) >= 11 is 0. The van der Waals surface area contributed by atoms with Crippen LogP contribution in [0.2, 0.25) is 0 Å². The van der Waals surface area contributed by atoms with Crippen LogP contribution in [0.5, 0.6) is 0 Å². The third-order valence-electron chi connectivity index (χ3n) is 2.88. The van der Waals surface area contributed by atoms with Crippen LogP contribution in [0, 0.1) is 5.92 Å². The van der Waals surface area contributed by atoms with E-state index in [-0.39, 0.29) is 5.97 Å². The first-order chi connectivity index (χ1) is 9.04. The molecule has 0 aliphatic rings. The van der Waals surface area contributed by atoms with Gasteiger partial charge in [-0.2, -0.15) is 0 Å². The third-order valence-corrected chi connectivity index (χ3v) is 2.88. The Labute approximate surface area is 115 Å². The molecule has 0 amide bonds. The average Bonchev–Trinajstić information content (AvgIpc) is 2.42. The van der Waals surface area contributed by atoms with Crippen molar-refractivity contribution < 1.29 is 9.53 Å². The topological polar surface area (TPSA) is 26.3 Å². The van der Waals surface area contributed by atoms with Gasteiger partial charge >= 0.3 is 5.97 Å². The lowest BCUT2D eigenvalue weighted by Gasteiger charge is -2.10. The summed E-state index contributed by atoms with van der Waals surface area (Å²) in [6.07, 6.45) is 4.91. The highest BCUT2D eigenvalue weighted by Crippen LogP contribution is 2.19. The van der Waals surface area contributed by atoms with E-state index in [4.69, 9.17) is 4.74 Å². The number of benzene rings is 1. The van der Waals surface area contributed by atoms with Crippen molar-refractivity contribution in [1.82, 2.24) is 0 Å². The molecule has 102 valence electrons. The van der Waals surface area contributed by atoms with Crippen LogP contribution in [0.15, 0.2) is 47.6 Å². The molecular formula is C17H22O2. The Kier molecular flexibility index (Phi) is 6.07. The standard InChI is InChI=1S/C17H22O2/c1-13(2)12-16(14(3)17(18)19-4)11-10-15-8-6-5-7-9-15/h5-11,13H,12H2,1-4H3. The Morgan fingerprint density at radius 2 is 1.89 bits per heavy atom. The van der Waals surface area contributed by atoms with Gasteiger partial charge < -0.3 is 4.74 Å². The molecule has 0 radical (unpaired) electrons. The second kappa shape index (κ2) is 7.57. The Morgan fingerprint density at radius 3 is 2.42 bits per heavy atom. The molecule has 0 aromatic heterocycles. The minimum Gasteiger partial charge on any atom is -0.466 e. The lowest BCUT2D eigenvalue weighted by molar-refractivity contribution is -0.136. The van der Waals surface area contributed by atoms with Crippen molar-refractivity contribution in [2.75, 3.05) is 7.11 Å². The zero-order valence-corrected chi connectivity index (χ0v) is 12.1. The van der Waals surface area contributed by atoms with Gasteiger partial charge in [0, 0.05) is 5.57 Å². The molecule has 1 rings (SSSR count). The summed E-state index contributed by atoms with van der Waals surface area (Å²) in [5.74, 6) is 0.239. The maximum absolute atomic E-state index is 11.6. The van der Waals surface area contributed by atoms with E-state index in [0.29, 0.717) is 11.5 Å². The van der Waals surface area contributed by atoms with Gasteiger partial charge in [-0.3, -0.25) is 0 Å². The number of esters is 1. The molecule has 0 heterocycles. The van der Waals surface area contributed by atoms with Crippen LogP contribution < -0.4 is 0 Å². The third kappa shape index (κ3) is 5.12. The Balaban J connectivity index is 2.99. The van der Waals surface area contributed by atoms with Gasteiger partial charge in [0.1, 0.15) is 0 Å². The molecule has 2 nitrogen and oxygen atoms in total. The van der Waals surface area contributed by atoms with Gasteiger partial charge in [-0.05, 0) is 30.4 Å². The Morgan fingerprint density at radius 1 is 1.26 bits per heavy atom. The van der Waals surface area contributed by atoms with E-state index in [2.05, 4.69) is 13.8 Å². The summed E-state index contributed by atoms with van der Waals surface area (Å²) < 4.78 is 4.80. The molecule has 0 aliphatic heterocycles. The second-order valence-corrected chi connectivity index (χ2v) is 4.98. The van der Waals surface area contributed by atoms with Crippen molar-refractivity contribution in [3.05, 3.63) is 53.1 Å². The highest BCUT2D eigenvalue weighted by molar-refractivity contribution is 5.89. The normalized spacial score (nSPS) is 12.7. The van der Waals surface area contributed by atoms with Crippen molar-refractivity contribution in [2.45, 2.75) is 27.2 Å². The predicted molar refractivity (Wildman–Crippen MR) is 79.6 cm³/mol. The molecule has 0 saturated carbocycles. The van der Waals surface area contributed by atoms with E-state index in [0.717, 1.165) is 17.6 Å². The smallest absolute Gasteiger partial charge is 0.333 e. The summed E-state index contributed by atoms with van der Waals surface area (Å²) in [5, 5.41) is 0. The SMILES string of the molecule is COC(=O)C(C)=C(C=Cc1ccccc1)CC(C)C. The van der Waals surface area contributed by atoms with Gasteiger partial charge in [-0.25, -0.2) is 4.79 Å². The lowest BCUT2D eigenvalue weighted by Crippen LogP contribution is -2.05. The molecule has 2 heteroatoms. The van der Waals surface area contributed by atoms with Crippen molar-refractivity contribution in [3.8, 4) is 0 Å². The Hall–Kier alpha value is -1.83. The van der Waals surface area contributed by atoms with Crippen LogP contribution in [0.4, 0.5) is 0 Å². The van der Waals surface area contributed by atoms with Crippen molar-refractivity contribution in [2.24, 2.45) is 5.92 Å². The van der Waals surface area contributed by atoms with E-state index in [1.165, 1.54) is 7.11 Å². The van der Waals surface area contributed by atoms with E-state index >= 15 is 0 Å². The number of hydrogen-bond acceptors (Lipinski definition) is 2. The van der Waals surface area contributed by atoms with Gasteiger partial charge in [0.2, 0.25) is 0 Å². The van der Waals surface area contributed by atoms with Crippen molar-refractivity contribution in [1.29, 1.82) is 0 Å². The fraction of sp³-hybridized carbons (Fsp3) is 0.353. The predicted octanol–water partition coefficient (Wildman–Crippen LogP) is 4.24. The van der Waals surface area contributed by atoms with Gasteiger partial charge in [0.05, 0.1) is 7.11 Å². The molecular weight excluding hydrogens is 236 g/mol. The highest BCUT2D eigenvalue weighted by atomic mass is 16.5. The first kappa shape index (κ1) is 15.2. The number of carbonyl (C=O) groups is 1. The highest BCUT2D eigenvalue weighted by Gasteiger charge is 2.10. The van der Waals surface area contributed by atoms with E-state index in [1.807, 2.05) is 49.4 Å². The van der Waals surface area contributed by atoms with Crippen LogP contribution in [0.25, 0.3) is 6.08 Å². The molecule has 0 saturated heterocycles. The minimum atomic E-state index is -0.256. The first-order valence-electron chi connectivity index (χ1n) is 6.55. The molecule has 0 unspecified atom stereocenters. The summed E-state index contributed by atoms with van der Waals surface area (Å²) in [6, 6.07) is 10.1. The number of methoxy groups -OCH3 is 1. The molecule has 0 spiro atoms. The number of carbonyl (C=O) groups excluding carboxylic acids is 1. The first-order valence-corrected chi connectivity index (χ1v) is 6.55. The maximum atomic E-state index is 11.6. The van der Waals surface area contributed by atoms with Gasteiger partial charge in [0.25, 0.3) is 0 Å². The minimum absolute atomic E-state index is 0.256. The van der Waals surface area contributed by atoms with Gasteiger partial charge in [-0.15, -0.1) is 0 Å². The monoisotopic (exact) mass is 258 g/mol. The van der Waals surface area contributed by atoms with Crippen molar-refractivity contribution >= 4 is 12.0 Å². The quantitative estimate of drug-likeness (QED) is 0.448. The van der Waals surface area contributed by atoms with Gasteiger partial charge in [0.15, 0.2) is 0 Å². The molecule has 0 atom stereocenters. The summed E-state index contributed by atoms with van der Waals surface area (Å²) in [6.45, 7) is 6.10. The zero-order valence-electron chi connectivity index (χ0n) is 12.1. The molecule has 1 aromatic rings. The molecule has 0 bridgehead atoms. The number of allylic oxidation sites excluding steroid dienone is 2. The number of ether oxygens (including phenoxy) is 1. The molecule has 0 fully saturated rings. The molecule has 0 N–H and O–H groups in total. The average molecular weight is 258 g/mol. The zero-order chi connectivity index (χ0) is 14.3. The lowest BCUT2D eigenvalue weighted by atomic mass is 9.97. The molecule has 19 heavy (non-hydrogen) atoms. The van der Waals surface area contributed by atoms with Crippen LogP contribution in [-0.4, -0.2) is 13.1 Å². The number of hydrogen-bond donors (Lipinski definition) is 0. The Bertz CT molecular complexity index is 467. The van der Waals surface area contributed by atoms with Crippen LogP contribution in [0.3, 0.4) is 0 Å². The maximum Gasteiger partial charge on any atom is 0.333 e. The summed E-state index contributed by atoms with van der Waals surface area (Å²) in [4.78, 5) is 11.6. The van der Waals surface area contributed by atoms with Gasteiger partial charge in [-0.1, -0.05) is 56.3 Å². The number of rotatable bonds is 5. The van der Waals surface area contributed by atoms with E-state index in [1.54, 1.807) is 0 Å². The fourth-order valence-electron chi connectivity index (χ4n) is 1.83. The van der Waals surface area contributed by atoms with Crippen LogP contribution in [0.1, 0.15) is 32.8 Å². The second-order valence-electron chi connectivity index (χ2n) is 4.98. The van der Waals surface area contributed by atoms with E-state index in [9.17, 15) is 4.79 Å². The van der Waals surface area contributed by atoms with Crippen molar-refractivity contribution in [3.63, 3.8) is 0 Å². The largest absolute Gasteiger partial charge is 0.466 e. The van der Waals surface area contributed by atoms with E-state index < -0.39 is 0 Å². The molecule has 1 aromatic carbocycles. The fourth-order valence-corrected chi connectivity index (χ4v) is 1.83. The summed E-state index contributed by atoms with van der Waals surface area (Å²) in [7, 11) is 1.42. The summed E-state index contributed by atoms with van der Waals surface area (Å²) in [5.41, 5.74) is 2.84.